The molecule has 5 atom stereocenters. The molecule has 0 radical (unpaired) electrons. The van der Waals surface area contributed by atoms with Crippen molar-refractivity contribution in [2.45, 2.75) is 140 Å². The van der Waals surface area contributed by atoms with E-state index in [4.69, 9.17) is 19.2 Å². The highest BCUT2D eigenvalue weighted by Crippen LogP contribution is 2.45. The largest absolute Gasteiger partial charge is 0.508 e. The Morgan fingerprint density at radius 2 is 1.77 bits per heavy atom. The maximum Gasteiger partial charge on any atom is 0.413 e. The number of aromatic hydroxyl groups is 1. The molecule has 0 spiro atoms. The van der Waals surface area contributed by atoms with Crippen molar-refractivity contribution in [3.8, 4) is 23.0 Å². The van der Waals surface area contributed by atoms with Crippen LogP contribution < -0.4 is 9.64 Å². The van der Waals surface area contributed by atoms with Gasteiger partial charge < -0.3 is 24.2 Å². The van der Waals surface area contributed by atoms with Crippen LogP contribution in [-0.4, -0.2) is 105 Å². The zero-order valence-electron chi connectivity index (χ0n) is 33.3. The molecule has 4 saturated heterocycles. The van der Waals surface area contributed by atoms with Crippen LogP contribution in [0.3, 0.4) is 0 Å². The van der Waals surface area contributed by atoms with Crippen LogP contribution in [0, 0.1) is 5.82 Å². The number of carbonyl (C=O) groups is 2. The smallest absolute Gasteiger partial charge is 0.413 e. The van der Waals surface area contributed by atoms with E-state index < -0.39 is 30.4 Å². The van der Waals surface area contributed by atoms with Crippen LogP contribution in [-0.2, 0) is 20.7 Å². The van der Waals surface area contributed by atoms with E-state index in [0.717, 1.165) is 75.5 Å². The Bertz CT molecular complexity index is 1950. The molecule has 6 heterocycles. The van der Waals surface area contributed by atoms with Crippen molar-refractivity contribution in [3.63, 3.8) is 0 Å². The van der Waals surface area contributed by atoms with Crippen LogP contribution in [0.4, 0.5) is 19.4 Å². The fourth-order valence-corrected chi connectivity index (χ4v) is 10.3. The number of halogens is 2. The van der Waals surface area contributed by atoms with E-state index in [9.17, 15) is 19.1 Å². The van der Waals surface area contributed by atoms with E-state index in [1.165, 1.54) is 25.7 Å². The minimum Gasteiger partial charge on any atom is -0.508 e. The first-order chi connectivity index (χ1) is 27.6. The van der Waals surface area contributed by atoms with Crippen molar-refractivity contribution in [1.82, 2.24) is 24.8 Å². The summed E-state index contributed by atoms with van der Waals surface area (Å²) < 4.78 is 48.7. The SMILES string of the molecule is CCCCCCCCCC(=O)OCOC(=O)N1C2CCC1CN(c1nc(OC[C@@]34CCCN3C[C@H](F)C4)nc3c(F)c(-c4cc(O)cc5c4C(C)CC5)ncc13)C2. The highest BCUT2D eigenvalue weighted by molar-refractivity contribution is 5.92. The normalized spacial score (nSPS) is 25.3. The lowest BCUT2D eigenvalue weighted by atomic mass is 9.94. The van der Waals surface area contributed by atoms with Crippen LogP contribution in [0.15, 0.2) is 18.3 Å². The number of rotatable bonds is 15. The number of unbranched alkanes of at least 4 members (excludes halogenated alkanes) is 6. The lowest BCUT2D eigenvalue weighted by Crippen LogP contribution is -2.56. The number of nitrogens with zero attached hydrogens (tertiary/aromatic N) is 6. The molecule has 4 fully saturated rings. The number of carbonyl (C=O) groups excluding carboxylic acids is 2. The van der Waals surface area contributed by atoms with Crippen LogP contribution in [0.25, 0.3) is 22.2 Å². The predicted octanol–water partition coefficient (Wildman–Crippen LogP) is 7.97. The number of benzene rings is 1. The number of alkyl halides is 1. The summed E-state index contributed by atoms with van der Waals surface area (Å²) in [5, 5.41) is 11.0. The maximum absolute atomic E-state index is 17.0. The second kappa shape index (κ2) is 16.9. The lowest BCUT2D eigenvalue weighted by Gasteiger charge is -2.41. The number of esters is 1. The van der Waals surface area contributed by atoms with Gasteiger partial charge in [0.25, 0.3) is 0 Å². The van der Waals surface area contributed by atoms with E-state index in [1.54, 1.807) is 23.2 Å². The highest BCUT2D eigenvalue weighted by atomic mass is 19.1. The molecule has 1 aromatic carbocycles. The third-order valence-corrected chi connectivity index (χ3v) is 13.1. The molecule has 3 unspecified atom stereocenters. The third-order valence-electron chi connectivity index (χ3n) is 13.1. The van der Waals surface area contributed by atoms with Gasteiger partial charge in [-0.05, 0) is 80.7 Å². The molecule has 12 nitrogen and oxygen atoms in total. The molecule has 57 heavy (non-hydrogen) atoms. The number of ether oxygens (including phenoxy) is 3. The van der Waals surface area contributed by atoms with Crippen molar-refractivity contribution in [3.05, 3.63) is 35.3 Å². The molecule has 8 rings (SSSR count). The number of hydrogen-bond acceptors (Lipinski definition) is 11. The zero-order valence-corrected chi connectivity index (χ0v) is 33.3. The first kappa shape index (κ1) is 39.5. The standard InChI is InChI=1S/C43H56F2N6O6/c1-3-4-5-6-7-8-9-11-35(53)56-26-57-42(54)51-30-14-15-31(51)24-49(23-30)40-34-21-46-38(33-19-32(52)18-28-13-12-27(2)36(28)33)37(45)39(34)47-41(48-40)55-25-43-16-10-17-50(43)22-29(44)20-43/h18-19,21,27,29-31,52H,3-17,20,22-26H2,1-2H3/t27?,29-,30?,31?,43+/m1/s1. The minimum atomic E-state index is -0.931. The first-order valence-electron chi connectivity index (χ1n) is 21.2. The van der Waals surface area contributed by atoms with Crippen molar-refractivity contribution < 1.29 is 37.7 Å². The molecular weight excluding hydrogens is 735 g/mol. The summed E-state index contributed by atoms with van der Waals surface area (Å²) in [5.74, 6) is -0.329. The summed E-state index contributed by atoms with van der Waals surface area (Å²) in [5.41, 5.74) is 2.21. The Morgan fingerprint density at radius 3 is 2.56 bits per heavy atom. The molecule has 4 aliphatic heterocycles. The molecule has 5 aliphatic rings. The van der Waals surface area contributed by atoms with E-state index >= 15 is 4.39 Å². The van der Waals surface area contributed by atoms with Gasteiger partial charge in [-0.25, -0.2) is 13.6 Å². The van der Waals surface area contributed by atoms with Gasteiger partial charge in [0.1, 0.15) is 35.6 Å². The van der Waals surface area contributed by atoms with Gasteiger partial charge in [0.05, 0.1) is 23.0 Å². The number of piperazine rings is 1. The second-order valence-electron chi connectivity index (χ2n) is 17.0. The second-order valence-corrected chi connectivity index (χ2v) is 17.0. The number of aryl methyl sites for hydroxylation is 1. The molecule has 1 amide bonds. The molecular formula is C43H56F2N6O6. The van der Waals surface area contributed by atoms with Crippen molar-refractivity contribution >= 4 is 28.8 Å². The van der Waals surface area contributed by atoms with E-state index in [2.05, 4.69) is 28.7 Å². The average molecular weight is 791 g/mol. The first-order valence-corrected chi connectivity index (χ1v) is 21.2. The number of hydrogen-bond donors (Lipinski definition) is 1. The van der Waals surface area contributed by atoms with Crippen molar-refractivity contribution in [2.24, 2.45) is 0 Å². The number of phenols is 1. The van der Waals surface area contributed by atoms with E-state index in [-0.39, 0.29) is 53.5 Å². The van der Waals surface area contributed by atoms with Gasteiger partial charge in [0, 0.05) is 44.2 Å². The molecule has 1 aliphatic carbocycles. The molecule has 1 N–H and O–H groups in total. The Morgan fingerprint density at radius 1 is 1.00 bits per heavy atom. The van der Waals surface area contributed by atoms with Crippen LogP contribution >= 0.6 is 0 Å². The van der Waals surface area contributed by atoms with Gasteiger partial charge in [-0.3, -0.25) is 19.6 Å². The van der Waals surface area contributed by atoms with Crippen molar-refractivity contribution in [2.75, 3.05) is 44.5 Å². The molecule has 2 aromatic heterocycles. The molecule has 14 heteroatoms. The Labute approximate surface area is 333 Å². The summed E-state index contributed by atoms with van der Waals surface area (Å²) in [4.78, 5) is 45.7. The number of fused-ring (bicyclic) bond motifs is 5. The highest BCUT2D eigenvalue weighted by Gasteiger charge is 2.50. The van der Waals surface area contributed by atoms with Gasteiger partial charge in [0.15, 0.2) is 5.82 Å². The summed E-state index contributed by atoms with van der Waals surface area (Å²) in [6, 6.07) is 2.89. The Kier molecular flexibility index (Phi) is 11.7. The van der Waals surface area contributed by atoms with Crippen molar-refractivity contribution in [1.29, 1.82) is 0 Å². The third kappa shape index (κ3) is 8.07. The van der Waals surface area contributed by atoms with Gasteiger partial charge >= 0.3 is 18.1 Å². The Hall–Kier alpha value is -4.33. The fourth-order valence-electron chi connectivity index (χ4n) is 10.3. The number of aromatic nitrogens is 3. The quantitative estimate of drug-likeness (QED) is 0.0914. The molecule has 0 saturated carbocycles. The average Bonchev–Trinajstić information content (AvgIpc) is 3.92. The minimum absolute atomic E-state index is 0.000848. The molecule has 3 aromatic rings. The van der Waals surface area contributed by atoms with Gasteiger partial charge in [-0.2, -0.15) is 9.97 Å². The van der Waals surface area contributed by atoms with E-state index in [0.29, 0.717) is 49.2 Å². The summed E-state index contributed by atoms with van der Waals surface area (Å²) in [6.07, 6.45) is 13.4. The predicted molar refractivity (Wildman–Crippen MR) is 211 cm³/mol. The van der Waals surface area contributed by atoms with Crippen LogP contribution in [0.1, 0.15) is 121 Å². The van der Waals surface area contributed by atoms with E-state index in [1.807, 2.05) is 4.90 Å². The maximum atomic E-state index is 17.0. The number of amides is 1. The fraction of sp³-hybridized carbons (Fsp3) is 0.651. The summed E-state index contributed by atoms with van der Waals surface area (Å²) in [7, 11) is 0. The Balaban J connectivity index is 1.00. The van der Waals surface area contributed by atoms with Gasteiger partial charge in [-0.1, -0.05) is 52.4 Å². The lowest BCUT2D eigenvalue weighted by molar-refractivity contribution is -0.152. The molecule has 308 valence electrons. The van der Waals surface area contributed by atoms with Gasteiger partial charge in [0.2, 0.25) is 6.79 Å². The monoisotopic (exact) mass is 790 g/mol. The number of phenolic OH excluding ortho intramolecular Hbond substituents is 1. The van der Waals surface area contributed by atoms with Gasteiger partial charge in [-0.15, -0.1) is 0 Å². The summed E-state index contributed by atoms with van der Waals surface area (Å²) in [6.45, 7) is 6.03. The van der Waals surface area contributed by atoms with Crippen LogP contribution in [0.2, 0.25) is 0 Å². The van der Waals surface area contributed by atoms with Crippen LogP contribution in [0.5, 0.6) is 11.8 Å². The summed E-state index contributed by atoms with van der Waals surface area (Å²) >= 11 is 0. The number of anilines is 1. The topological polar surface area (TPSA) is 130 Å². The number of pyridine rings is 1. The molecule has 2 bridgehead atoms. The zero-order chi connectivity index (χ0) is 39.7.